The van der Waals surface area contributed by atoms with E-state index in [9.17, 15) is 4.79 Å². The summed E-state index contributed by atoms with van der Waals surface area (Å²) in [5.41, 5.74) is 0.626. The van der Waals surface area contributed by atoms with E-state index < -0.39 is 8.32 Å². The van der Waals surface area contributed by atoms with E-state index in [4.69, 9.17) is 15.6 Å². The molecule has 0 amide bonds. The Balaban J connectivity index is 5.46. The Morgan fingerprint density at radius 2 is 1.83 bits per heavy atom. The summed E-state index contributed by atoms with van der Waals surface area (Å²) in [5, 5.41) is 0.126. The molecule has 0 bridgehead atoms. The third kappa shape index (κ3) is 6.82. The molecule has 0 saturated heterocycles. The molecule has 24 heavy (non-hydrogen) atoms. The van der Waals surface area contributed by atoms with E-state index in [1.54, 1.807) is 6.92 Å². The van der Waals surface area contributed by atoms with Gasteiger partial charge in [0.1, 0.15) is 0 Å². The lowest BCUT2D eigenvalue weighted by atomic mass is 9.90. The number of hydrogen-bond donors (Lipinski definition) is 0. The first-order valence-electron chi connectivity index (χ1n) is 8.84. The molecule has 0 fully saturated rings. The predicted molar refractivity (Wildman–Crippen MR) is 104 cm³/mol. The average Bonchev–Trinajstić information content (AvgIpc) is 2.43. The maximum absolute atomic E-state index is 11.9. The van der Waals surface area contributed by atoms with Crippen LogP contribution >= 0.6 is 0 Å². The Hall–Kier alpha value is -1.05. The van der Waals surface area contributed by atoms with Gasteiger partial charge in [-0.3, -0.25) is 0 Å². The van der Waals surface area contributed by atoms with Crippen molar-refractivity contribution in [3.05, 3.63) is 11.6 Å². The summed E-state index contributed by atoms with van der Waals surface area (Å²) in [6.07, 6.45) is 8.14. The topological polar surface area (TPSA) is 35.5 Å². The fourth-order valence-electron chi connectivity index (χ4n) is 2.36. The predicted octanol–water partition coefficient (Wildman–Crippen LogP) is 5.18. The quantitative estimate of drug-likeness (QED) is 0.261. The fourth-order valence-corrected chi connectivity index (χ4v) is 3.84. The highest BCUT2D eigenvalue weighted by atomic mass is 28.4. The summed E-state index contributed by atoms with van der Waals surface area (Å²) in [7, 11) is -1.93. The summed E-state index contributed by atoms with van der Waals surface area (Å²) >= 11 is 0. The third-order valence-electron chi connectivity index (χ3n) is 4.87. The molecular weight excluding hydrogens is 316 g/mol. The van der Waals surface area contributed by atoms with Gasteiger partial charge in [0, 0.05) is 17.9 Å². The van der Waals surface area contributed by atoms with Crippen molar-refractivity contribution in [2.45, 2.75) is 79.1 Å². The van der Waals surface area contributed by atoms with E-state index in [1.807, 2.05) is 13.0 Å². The number of terminal acetylenes is 1. The van der Waals surface area contributed by atoms with Crippen LogP contribution in [0.3, 0.4) is 0 Å². The highest BCUT2D eigenvalue weighted by Crippen LogP contribution is 2.39. The Bertz CT molecular complexity index is 480. The molecule has 3 nitrogen and oxygen atoms in total. The lowest BCUT2D eigenvalue weighted by Crippen LogP contribution is -2.47. The van der Waals surface area contributed by atoms with Gasteiger partial charge in [0.25, 0.3) is 0 Å². The smallest absolute Gasteiger partial charge is 0.333 e. The highest BCUT2D eigenvalue weighted by Gasteiger charge is 2.41. The van der Waals surface area contributed by atoms with Crippen LogP contribution in [0.2, 0.25) is 18.1 Å². The summed E-state index contributed by atoms with van der Waals surface area (Å²) < 4.78 is 11.7. The largest absolute Gasteiger partial charge is 0.463 e. The number of ether oxygens (including phenoxy) is 1. The van der Waals surface area contributed by atoms with Crippen molar-refractivity contribution in [3.8, 4) is 12.3 Å². The van der Waals surface area contributed by atoms with Crippen LogP contribution in [0.25, 0.3) is 0 Å². The van der Waals surface area contributed by atoms with Crippen molar-refractivity contribution in [2.75, 3.05) is 6.61 Å². The van der Waals surface area contributed by atoms with E-state index >= 15 is 0 Å². The molecule has 0 aromatic heterocycles. The van der Waals surface area contributed by atoms with Crippen LogP contribution in [0.15, 0.2) is 11.6 Å². The fraction of sp³-hybridized carbons (Fsp3) is 0.750. The average molecular weight is 353 g/mol. The number of carbonyl (C=O) groups is 1. The van der Waals surface area contributed by atoms with Crippen molar-refractivity contribution >= 4 is 14.3 Å². The lowest BCUT2D eigenvalue weighted by Gasteiger charge is -2.42. The Labute approximate surface area is 150 Å². The monoisotopic (exact) mass is 352 g/mol. The van der Waals surface area contributed by atoms with Crippen LogP contribution in [0.4, 0.5) is 0 Å². The van der Waals surface area contributed by atoms with Gasteiger partial charge in [-0.05, 0) is 37.9 Å². The second kappa shape index (κ2) is 9.44. The molecule has 0 aliphatic carbocycles. The molecule has 0 heterocycles. The van der Waals surface area contributed by atoms with Crippen LogP contribution in [0, 0.1) is 24.2 Å². The summed E-state index contributed by atoms with van der Waals surface area (Å²) in [6.45, 7) is 19.4. The zero-order valence-corrected chi connectivity index (χ0v) is 18.0. The van der Waals surface area contributed by atoms with Crippen molar-refractivity contribution < 1.29 is 14.0 Å². The summed E-state index contributed by atoms with van der Waals surface area (Å²) in [4.78, 5) is 11.9. The zero-order chi connectivity index (χ0) is 19.1. The van der Waals surface area contributed by atoms with Gasteiger partial charge in [-0.25, -0.2) is 4.79 Å². The van der Waals surface area contributed by atoms with E-state index in [2.05, 4.69) is 53.6 Å². The molecule has 138 valence electrons. The maximum Gasteiger partial charge on any atom is 0.333 e. The number of rotatable bonds is 8. The Kier molecular flexibility index (Phi) is 9.02. The van der Waals surface area contributed by atoms with Gasteiger partial charge in [-0.15, -0.1) is 12.3 Å². The van der Waals surface area contributed by atoms with Crippen molar-refractivity contribution in [1.82, 2.24) is 0 Å². The molecule has 0 spiro atoms. The number of esters is 1. The van der Waals surface area contributed by atoms with Crippen LogP contribution in [-0.2, 0) is 14.0 Å². The molecule has 0 unspecified atom stereocenters. The summed E-state index contributed by atoms with van der Waals surface area (Å²) in [5.74, 6) is 2.80. The minimum Gasteiger partial charge on any atom is -0.463 e. The zero-order valence-electron chi connectivity index (χ0n) is 17.0. The van der Waals surface area contributed by atoms with Gasteiger partial charge >= 0.3 is 5.97 Å². The Morgan fingerprint density at radius 1 is 1.29 bits per heavy atom. The molecule has 0 aliphatic rings. The SMILES string of the molecule is C#CC[C@H](C)[C@H](O[Si](C)(C)C(C)(C)C)[C@H](C)/C=C(\C)C(=O)OCC. The molecule has 0 saturated carbocycles. The van der Waals surface area contributed by atoms with Gasteiger partial charge in [0.2, 0.25) is 0 Å². The minimum atomic E-state index is -1.93. The van der Waals surface area contributed by atoms with Crippen LogP contribution in [0.1, 0.15) is 54.9 Å². The Morgan fingerprint density at radius 3 is 2.25 bits per heavy atom. The molecule has 0 rings (SSSR count). The molecule has 0 N–H and O–H groups in total. The van der Waals surface area contributed by atoms with Crippen LogP contribution < -0.4 is 0 Å². The standard InChI is InChI=1S/C20H36O3Si/c1-11-13-15(3)18(23-24(9,10)20(6,7)8)16(4)14-17(5)19(21)22-12-2/h1,14-16,18H,12-13H2,2-10H3/b17-14+/t15-,16+,18-/m0/s1. The molecular formula is C20H36O3Si. The molecule has 4 heteroatoms. The lowest BCUT2D eigenvalue weighted by molar-refractivity contribution is -0.138. The van der Waals surface area contributed by atoms with E-state index in [0.29, 0.717) is 18.6 Å². The van der Waals surface area contributed by atoms with Gasteiger partial charge in [0.05, 0.1) is 12.7 Å². The van der Waals surface area contributed by atoms with Gasteiger partial charge in [-0.1, -0.05) is 40.7 Å². The van der Waals surface area contributed by atoms with Crippen molar-refractivity contribution in [1.29, 1.82) is 0 Å². The first-order chi connectivity index (χ1) is 10.9. The first-order valence-corrected chi connectivity index (χ1v) is 11.7. The molecule has 3 atom stereocenters. The maximum atomic E-state index is 11.9. The van der Waals surface area contributed by atoms with Gasteiger partial charge in [-0.2, -0.15) is 0 Å². The summed E-state index contributed by atoms with van der Waals surface area (Å²) in [6, 6.07) is 0. The van der Waals surface area contributed by atoms with E-state index in [1.165, 1.54) is 0 Å². The minimum absolute atomic E-state index is 0.00804. The van der Waals surface area contributed by atoms with E-state index in [-0.39, 0.29) is 28.9 Å². The molecule has 0 aromatic carbocycles. The van der Waals surface area contributed by atoms with Crippen LogP contribution in [0.5, 0.6) is 0 Å². The van der Waals surface area contributed by atoms with Crippen molar-refractivity contribution in [2.24, 2.45) is 11.8 Å². The normalized spacial score (nSPS) is 16.9. The number of carbonyl (C=O) groups excluding carboxylic acids is 1. The van der Waals surface area contributed by atoms with Crippen molar-refractivity contribution in [3.63, 3.8) is 0 Å². The molecule has 0 radical (unpaired) electrons. The number of hydrogen-bond acceptors (Lipinski definition) is 3. The molecule has 0 aliphatic heterocycles. The highest BCUT2D eigenvalue weighted by molar-refractivity contribution is 6.74. The molecule has 0 aromatic rings. The van der Waals surface area contributed by atoms with E-state index in [0.717, 1.165) is 0 Å². The first kappa shape index (κ1) is 22.9. The van der Waals surface area contributed by atoms with Gasteiger partial charge < -0.3 is 9.16 Å². The second-order valence-corrected chi connectivity index (χ2v) is 12.9. The van der Waals surface area contributed by atoms with Gasteiger partial charge in [0.15, 0.2) is 8.32 Å². The third-order valence-corrected chi connectivity index (χ3v) is 9.34. The second-order valence-electron chi connectivity index (χ2n) is 8.16. The van der Waals surface area contributed by atoms with Crippen LogP contribution in [-0.4, -0.2) is 27.0 Å².